The van der Waals surface area contributed by atoms with Crippen LogP contribution >= 0.6 is 104 Å². The second kappa shape index (κ2) is 12.7. The maximum Gasteiger partial charge on any atom is 0.245 e. The normalized spacial score (nSPS) is 20.7. The first-order chi connectivity index (χ1) is 20.8. The Morgan fingerprint density at radius 3 is 0.800 bits per heavy atom. The van der Waals surface area contributed by atoms with Gasteiger partial charge in [0.2, 0.25) is 46.3 Å². The van der Waals surface area contributed by atoms with Gasteiger partial charge in [0, 0.05) is 0 Å². The highest BCUT2D eigenvalue weighted by molar-refractivity contribution is 6.64. The molecule has 0 heterocycles. The number of halogens is 9. The molecule has 0 aromatic carbocycles. The molecule has 0 saturated carbocycles. The minimum Gasteiger partial charge on any atom is -0.503 e. The van der Waals surface area contributed by atoms with Gasteiger partial charge in [-0.05, 0) is 0 Å². The van der Waals surface area contributed by atoms with Gasteiger partial charge in [0.15, 0.2) is 40.3 Å². The van der Waals surface area contributed by atoms with E-state index < -0.39 is 132 Å². The molecular formula is C24HCl9O12. The molecule has 0 radical (unpaired) electrons. The Bertz CT molecular complexity index is 1810. The number of hydrogen-bond donors (Lipinski definition) is 1. The molecule has 0 amide bonds. The molecule has 0 bridgehead atoms. The zero-order valence-corrected chi connectivity index (χ0v) is 27.1. The summed E-state index contributed by atoms with van der Waals surface area (Å²) in [5.41, 5.74) is 0. The van der Waals surface area contributed by atoms with Crippen LogP contribution < -0.4 is 0 Å². The highest BCUT2D eigenvalue weighted by Crippen LogP contribution is 2.40. The van der Waals surface area contributed by atoms with E-state index in [1.807, 2.05) is 0 Å². The highest BCUT2D eigenvalue weighted by Gasteiger charge is 2.45. The number of aliphatic hydroxyl groups is 1. The van der Waals surface area contributed by atoms with E-state index in [9.17, 15) is 43.5 Å². The average Bonchev–Trinajstić information content (AvgIpc) is 3.01. The molecule has 12 nitrogen and oxygen atoms in total. The molecule has 4 aliphatic carbocycles. The molecule has 0 spiro atoms. The van der Waals surface area contributed by atoms with Crippen molar-refractivity contribution in [2.24, 2.45) is 0 Å². The topological polar surface area (TPSA) is 184 Å². The van der Waals surface area contributed by atoms with E-state index in [1.165, 1.54) is 0 Å². The number of allylic oxidation sites excluding steroid dienone is 9. The molecule has 0 atom stereocenters. The van der Waals surface area contributed by atoms with Crippen LogP contribution in [-0.2, 0) is 52.6 Å². The van der Waals surface area contributed by atoms with E-state index in [1.54, 1.807) is 0 Å². The van der Waals surface area contributed by atoms with Crippen molar-refractivity contribution in [3.63, 3.8) is 0 Å². The quantitative estimate of drug-likeness (QED) is 0.354. The summed E-state index contributed by atoms with van der Waals surface area (Å²) in [4.78, 5) is 101. The van der Waals surface area contributed by atoms with E-state index >= 15 is 0 Å². The lowest BCUT2D eigenvalue weighted by Crippen LogP contribution is -2.29. The summed E-state index contributed by atoms with van der Waals surface area (Å²) in [5, 5.41) is 0.430. The SMILES string of the molecule is O=C1C(O)=C(Cl)C(=O)C(OC2=C(Cl)C(=O)C(OC3=C(Cl)C(=O)C(OC4=C(Cl)C(=O)C(Cl)=C(Cl)C4=O)=C(Cl)C3=O)=C(Cl)C2=O)=C1Cl. The molecule has 21 heteroatoms. The van der Waals surface area contributed by atoms with Gasteiger partial charge in [-0.3, -0.25) is 38.4 Å². The number of aliphatic hydroxyl groups excluding tert-OH is 1. The van der Waals surface area contributed by atoms with E-state index in [0.29, 0.717) is 0 Å². The first-order valence-corrected chi connectivity index (χ1v) is 14.2. The summed E-state index contributed by atoms with van der Waals surface area (Å²) in [6.45, 7) is 0. The van der Waals surface area contributed by atoms with Crippen LogP contribution in [0.5, 0.6) is 0 Å². The molecule has 45 heavy (non-hydrogen) atoms. The lowest BCUT2D eigenvalue weighted by atomic mass is 10.1. The Kier molecular flexibility index (Phi) is 9.87. The molecule has 0 saturated heterocycles. The summed E-state index contributed by atoms with van der Waals surface area (Å²) in [6, 6.07) is 0. The van der Waals surface area contributed by atoms with Crippen LogP contribution in [0, 0.1) is 0 Å². The standard InChI is InChI=1S/C24HCl9O12/c25-1-2(26)13(37)19(4(28)10(1)34)43-21-6(30)17(41)23(8(32)15(21)39)45-24-9(33)16(40)22(7(31)18(24)42)44-20-5(29)12(36)11(35)3(27)14(20)38/h35H. The number of ether oxygens (including phenoxy) is 3. The predicted molar refractivity (Wildman–Crippen MR) is 155 cm³/mol. The second-order valence-corrected chi connectivity index (χ2v) is 11.5. The minimum absolute atomic E-state index is 0.754. The minimum atomic E-state index is -1.49. The molecule has 0 unspecified atom stereocenters. The smallest absolute Gasteiger partial charge is 0.245 e. The summed E-state index contributed by atoms with van der Waals surface area (Å²) in [5.74, 6) is -19.2. The molecule has 1 N–H and O–H groups in total. The Hall–Kier alpha value is -2.91. The summed E-state index contributed by atoms with van der Waals surface area (Å²) >= 11 is 52.2. The fourth-order valence-electron chi connectivity index (χ4n) is 3.27. The van der Waals surface area contributed by atoms with Gasteiger partial charge in [0.1, 0.15) is 45.3 Å². The van der Waals surface area contributed by atoms with Gasteiger partial charge in [-0.15, -0.1) is 0 Å². The van der Waals surface area contributed by atoms with Crippen LogP contribution in [0.4, 0.5) is 0 Å². The second-order valence-electron chi connectivity index (χ2n) is 8.09. The van der Waals surface area contributed by atoms with Gasteiger partial charge >= 0.3 is 0 Å². The first-order valence-electron chi connectivity index (χ1n) is 10.8. The predicted octanol–water partition coefficient (Wildman–Crippen LogP) is 5.04. The summed E-state index contributed by atoms with van der Waals surface area (Å²) < 4.78 is 15.2. The first kappa shape index (κ1) is 35.0. The van der Waals surface area contributed by atoms with E-state index in [2.05, 4.69) is 0 Å². The maximum absolute atomic E-state index is 13.0. The van der Waals surface area contributed by atoms with Crippen molar-refractivity contribution in [3.8, 4) is 0 Å². The van der Waals surface area contributed by atoms with Crippen molar-refractivity contribution in [2.75, 3.05) is 0 Å². The van der Waals surface area contributed by atoms with E-state index in [-0.39, 0.29) is 0 Å². The number of rotatable bonds is 6. The van der Waals surface area contributed by atoms with Crippen molar-refractivity contribution >= 4 is 151 Å². The van der Waals surface area contributed by atoms with E-state index in [0.717, 1.165) is 0 Å². The van der Waals surface area contributed by atoms with Crippen LogP contribution in [0.3, 0.4) is 0 Å². The van der Waals surface area contributed by atoms with Gasteiger partial charge < -0.3 is 19.3 Å². The number of carbonyl (C=O) groups excluding carboxylic acids is 8. The Labute approximate surface area is 292 Å². The van der Waals surface area contributed by atoms with Gasteiger partial charge in [-0.25, -0.2) is 0 Å². The van der Waals surface area contributed by atoms with Crippen molar-refractivity contribution in [1.29, 1.82) is 0 Å². The Morgan fingerprint density at radius 1 is 0.289 bits per heavy atom. The van der Waals surface area contributed by atoms with Crippen LogP contribution in [0.25, 0.3) is 0 Å². The number of Topliss-reactive ketones (excluding diaryl/α,β-unsaturated/α-hetero) is 8. The van der Waals surface area contributed by atoms with Gasteiger partial charge in [0.25, 0.3) is 0 Å². The van der Waals surface area contributed by atoms with E-state index in [4.69, 9.17) is 119 Å². The van der Waals surface area contributed by atoms with Crippen molar-refractivity contribution in [2.45, 2.75) is 0 Å². The maximum atomic E-state index is 13.0. The zero-order valence-electron chi connectivity index (χ0n) is 20.3. The van der Waals surface area contributed by atoms with Crippen molar-refractivity contribution in [3.05, 3.63) is 85.6 Å². The number of carbonyl (C=O) groups is 8. The van der Waals surface area contributed by atoms with Crippen LogP contribution in [0.1, 0.15) is 0 Å². The molecule has 0 aromatic rings. The summed E-state index contributed by atoms with van der Waals surface area (Å²) in [7, 11) is 0. The van der Waals surface area contributed by atoms with Crippen LogP contribution in [-0.4, -0.2) is 51.4 Å². The Morgan fingerprint density at radius 2 is 0.489 bits per heavy atom. The summed E-state index contributed by atoms with van der Waals surface area (Å²) in [6.07, 6.45) is 0. The monoisotopic (exact) mass is 796 g/mol. The fraction of sp³-hybridized carbons (Fsp3) is 0. The van der Waals surface area contributed by atoms with Gasteiger partial charge in [-0.2, -0.15) is 0 Å². The molecule has 0 fully saturated rings. The number of hydrogen-bond acceptors (Lipinski definition) is 12. The van der Waals surface area contributed by atoms with Gasteiger partial charge in [0.05, 0.1) is 0 Å². The third kappa shape index (κ3) is 5.69. The number of ketones is 8. The van der Waals surface area contributed by atoms with Crippen molar-refractivity contribution < 1.29 is 57.7 Å². The van der Waals surface area contributed by atoms with Gasteiger partial charge in [-0.1, -0.05) is 104 Å². The van der Waals surface area contributed by atoms with Crippen molar-refractivity contribution in [1.82, 2.24) is 0 Å². The van der Waals surface area contributed by atoms with Crippen LogP contribution in [0.15, 0.2) is 85.6 Å². The lowest BCUT2D eigenvalue weighted by Gasteiger charge is -2.23. The average molecular weight is 800 g/mol. The molecule has 4 aliphatic rings. The largest absolute Gasteiger partial charge is 0.503 e. The molecule has 0 aromatic heterocycles. The lowest BCUT2D eigenvalue weighted by molar-refractivity contribution is -0.123. The Balaban J connectivity index is 1.65. The van der Waals surface area contributed by atoms with Crippen LogP contribution in [0.2, 0.25) is 0 Å². The molecule has 0 aliphatic heterocycles. The fourth-order valence-corrected chi connectivity index (χ4v) is 5.12. The molecule has 232 valence electrons. The molecule has 4 rings (SSSR count). The zero-order chi connectivity index (χ0) is 34.0. The third-order valence-electron chi connectivity index (χ3n) is 5.46. The molecular weight excluding hydrogens is 799 g/mol. The highest BCUT2D eigenvalue weighted by atomic mass is 35.5. The third-order valence-corrected chi connectivity index (χ3v) is 8.68.